The Morgan fingerprint density at radius 2 is 2.12 bits per heavy atom. The number of unbranched alkanes of at least 4 members (excludes halogenated alkanes) is 1. The van der Waals surface area contributed by atoms with Gasteiger partial charge in [0.05, 0.1) is 12.3 Å². The number of anilines is 1. The summed E-state index contributed by atoms with van der Waals surface area (Å²) in [6, 6.07) is 8.50. The minimum absolute atomic E-state index is 0.823. The van der Waals surface area contributed by atoms with Crippen molar-refractivity contribution in [3.63, 3.8) is 0 Å². The summed E-state index contributed by atoms with van der Waals surface area (Å²) in [6.07, 6.45) is 3.41. The number of rotatable bonds is 4. The Balaban J connectivity index is 2.09. The van der Waals surface area contributed by atoms with Crippen LogP contribution in [0.25, 0.3) is 0 Å². The van der Waals surface area contributed by atoms with Gasteiger partial charge in [-0.15, -0.1) is 0 Å². The third-order valence-electron chi connectivity index (χ3n) is 3.07. The lowest BCUT2D eigenvalue weighted by atomic mass is 9.93. The smallest absolute Gasteiger partial charge is 0.0748 e. The summed E-state index contributed by atoms with van der Waals surface area (Å²) in [4.78, 5) is 5.82. The lowest BCUT2D eigenvalue weighted by Crippen LogP contribution is -2.31. The first-order valence-electron chi connectivity index (χ1n) is 6.15. The zero-order valence-corrected chi connectivity index (χ0v) is 10.2. The molecule has 1 radical (unpaired) electrons. The molecule has 1 aromatic carbocycles. The molecule has 16 heavy (non-hydrogen) atoms. The Morgan fingerprint density at radius 3 is 2.94 bits per heavy atom. The van der Waals surface area contributed by atoms with Crippen molar-refractivity contribution in [3.05, 3.63) is 35.7 Å². The van der Waals surface area contributed by atoms with Gasteiger partial charge in [0.2, 0.25) is 0 Å². The average molecular weight is 218 g/mol. The van der Waals surface area contributed by atoms with E-state index in [1.807, 2.05) is 0 Å². The first-order valence-corrected chi connectivity index (χ1v) is 6.15. The number of para-hydroxylation sites is 1. The first kappa shape index (κ1) is 11.5. The zero-order chi connectivity index (χ0) is 11.4. The molecule has 2 heteroatoms. The van der Waals surface area contributed by atoms with Crippen LogP contribution in [0.1, 0.15) is 38.7 Å². The minimum atomic E-state index is 0.823. The normalized spacial score (nSPS) is 16.2. The van der Waals surface area contributed by atoms with Crippen LogP contribution in [-0.4, -0.2) is 13.2 Å². The molecule has 0 saturated heterocycles. The first-order chi connectivity index (χ1) is 7.83. The number of hydroxylamine groups is 1. The SMILES string of the molecule is CCCCON1CC[C](C)c2ccccc21. The fourth-order valence-electron chi connectivity index (χ4n) is 2.03. The quantitative estimate of drug-likeness (QED) is 0.716. The molecule has 1 aromatic rings. The van der Waals surface area contributed by atoms with Gasteiger partial charge in [0.15, 0.2) is 0 Å². The molecule has 0 aliphatic carbocycles. The highest BCUT2D eigenvalue weighted by Gasteiger charge is 2.22. The Kier molecular flexibility index (Phi) is 3.83. The van der Waals surface area contributed by atoms with Crippen LogP contribution >= 0.6 is 0 Å². The van der Waals surface area contributed by atoms with Crippen LogP contribution in [0.2, 0.25) is 0 Å². The molecule has 0 fully saturated rings. The molecule has 0 spiro atoms. The van der Waals surface area contributed by atoms with E-state index >= 15 is 0 Å². The molecule has 0 N–H and O–H groups in total. The molecule has 0 unspecified atom stereocenters. The highest BCUT2D eigenvalue weighted by atomic mass is 16.7. The van der Waals surface area contributed by atoms with Gasteiger partial charge in [0, 0.05) is 12.5 Å². The summed E-state index contributed by atoms with van der Waals surface area (Å²) in [5.74, 6) is 1.46. The van der Waals surface area contributed by atoms with Crippen molar-refractivity contribution in [1.29, 1.82) is 0 Å². The summed E-state index contributed by atoms with van der Waals surface area (Å²) in [7, 11) is 0. The van der Waals surface area contributed by atoms with Crippen LogP contribution in [0.4, 0.5) is 5.69 Å². The molecule has 0 aromatic heterocycles. The van der Waals surface area contributed by atoms with E-state index in [1.165, 1.54) is 23.6 Å². The minimum Gasteiger partial charge on any atom is -0.273 e. The van der Waals surface area contributed by atoms with Crippen LogP contribution in [0.15, 0.2) is 24.3 Å². The topological polar surface area (TPSA) is 12.5 Å². The third kappa shape index (κ3) is 2.38. The molecular formula is C14H20NO. The van der Waals surface area contributed by atoms with E-state index in [9.17, 15) is 0 Å². The maximum Gasteiger partial charge on any atom is 0.0748 e. The molecular weight excluding hydrogens is 198 g/mol. The maximum atomic E-state index is 5.82. The Bertz CT molecular complexity index is 337. The van der Waals surface area contributed by atoms with E-state index in [4.69, 9.17) is 4.84 Å². The number of hydrogen-bond acceptors (Lipinski definition) is 2. The van der Waals surface area contributed by atoms with Crippen molar-refractivity contribution in [1.82, 2.24) is 0 Å². The summed E-state index contributed by atoms with van der Waals surface area (Å²) < 4.78 is 0. The average Bonchev–Trinajstić information content (AvgIpc) is 2.33. The molecule has 2 rings (SSSR count). The second-order valence-corrected chi connectivity index (χ2v) is 4.34. The van der Waals surface area contributed by atoms with E-state index in [0.717, 1.165) is 26.0 Å². The zero-order valence-electron chi connectivity index (χ0n) is 10.2. The van der Waals surface area contributed by atoms with E-state index in [1.54, 1.807) is 0 Å². The van der Waals surface area contributed by atoms with Gasteiger partial charge in [-0.2, -0.15) is 0 Å². The summed E-state index contributed by atoms with van der Waals surface area (Å²) in [5.41, 5.74) is 2.56. The van der Waals surface area contributed by atoms with Crippen LogP contribution in [-0.2, 0) is 4.84 Å². The molecule has 1 aliphatic rings. The monoisotopic (exact) mass is 218 g/mol. The van der Waals surface area contributed by atoms with E-state index in [0.29, 0.717) is 0 Å². The Labute approximate surface area is 98.2 Å². The van der Waals surface area contributed by atoms with Crippen molar-refractivity contribution in [2.45, 2.75) is 33.1 Å². The van der Waals surface area contributed by atoms with E-state index < -0.39 is 0 Å². The largest absolute Gasteiger partial charge is 0.273 e. The van der Waals surface area contributed by atoms with Gasteiger partial charge in [-0.3, -0.25) is 9.90 Å². The van der Waals surface area contributed by atoms with Crippen molar-refractivity contribution in [2.24, 2.45) is 0 Å². The van der Waals surface area contributed by atoms with Crippen LogP contribution < -0.4 is 5.06 Å². The number of nitrogens with zero attached hydrogens (tertiary/aromatic N) is 1. The second kappa shape index (κ2) is 5.35. The van der Waals surface area contributed by atoms with Crippen LogP contribution in [0, 0.1) is 5.92 Å². The van der Waals surface area contributed by atoms with E-state index in [2.05, 4.69) is 43.2 Å². The molecule has 0 atom stereocenters. The van der Waals surface area contributed by atoms with Gasteiger partial charge in [0.25, 0.3) is 0 Å². The maximum absolute atomic E-state index is 5.82. The summed E-state index contributed by atoms with van der Waals surface area (Å²) >= 11 is 0. The predicted molar refractivity (Wildman–Crippen MR) is 67.3 cm³/mol. The molecule has 1 heterocycles. The van der Waals surface area contributed by atoms with Crippen LogP contribution in [0.5, 0.6) is 0 Å². The van der Waals surface area contributed by atoms with Crippen molar-refractivity contribution >= 4 is 5.69 Å². The Morgan fingerprint density at radius 1 is 1.31 bits per heavy atom. The second-order valence-electron chi connectivity index (χ2n) is 4.34. The highest BCUT2D eigenvalue weighted by molar-refractivity contribution is 5.59. The number of benzene rings is 1. The van der Waals surface area contributed by atoms with Crippen molar-refractivity contribution in [2.75, 3.05) is 18.2 Å². The van der Waals surface area contributed by atoms with Gasteiger partial charge in [0.1, 0.15) is 0 Å². The molecule has 0 amide bonds. The summed E-state index contributed by atoms with van der Waals surface area (Å²) in [6.45, 7) is 6.20. The number of hydrogen-bond donors (Lipinski definition) is 0. The van der Waals surface area contributed by atoms with Crippen LogP contribution in [0.3, 0.4) is 0 Å². The fraction of sp³-hybridized carbons (Fsp3) is 0.500. The lowest BCUT2D eigenvalue weighted by Gasteiger charge is -2.33. The van der Waals surface area contributed by atoms with Gasteiger partial charge < -0.3 is 0 Å². The molecule has 1 aliphatic heterocycles. The molecule has 2 nitrogen and oxygen atoms in total. The third-order valence-corrected chi connectivity index (χ3v) is 3.07. The lowest BCUT2D eigenvalue weighted by molar-refractivity contribution is 0.103. The summed E-state index contributed by atoms with van der Waals surface area (Å²) in [5, 5.41) is 2.05. The van der Waals surface area contributed by atoms with Crippen molar-refractivity contribution in [3.8, 4) is 0 Å². The van der Waals surface area contributed by atoms with Gasteiger partial charge in [-0.05, 0) is 24.5 Å². The molecule has 0 saturated carbocycles. The fourth-order valence-corrected chi connectivity index (χ4v) is 2.03. The van der Waals surface area contributed by atoms with E-state index in [-0.39, 0.29) is 0 Å². The molecule has 0 bridgehead atoms. The van der Waals surface area contributed by atoms with Gasteiger partial charge >= 0.3 is 0 Å². The van der Waals surface area contributed by atoms with Crippen molar-refractivity contribution < 1.29 is 4.84 Å². The predicted octanol–water partition coefficient (Wildman–Crippen LogP) is 3.57. The standard InChI is InChI=1S/C14H20NO/c1-3-4-11-16-15-10-9-12(2)13-7-5-6-8-14(13)15/h5-8H,3-4,9-11H2,1-2H3. The highest BCUT2D eigenvalue weighted by Crippen LogP contribution is 2.33. The molecule has 87 valence electrons. The van der Waals surface area contributed by atoms with Gasteiger partial charge in [-0.1, -0.05) is 38.5 Å². The number of fused-ring (bicyclic) bond motifs is 1. The Hall–Kier alpha value is -1.02. The van der Waals surface area contributed by atoms with Gasteiger partial charge in [-0.25, -0.2) is 0 Å².